The highest BCUT2D eigenvalue weighted by atomic mass is 16.3. The molecule has 11 rings (SSSR count). The molecule has 0 aliphatic rings. The number of rotatable bonds is 5. The van der Waals surface area contributed by atoms with Gasteiger partial charge in [-0.05, 0) is 96.4 Å². The van der Waals surface area contributed by atoms with Crippen molar-refractivity contribution in [1.82, 2.24) is 0 Å². The van der Waals surface area contributed by atoms with Gasteiger partial charge in [-0.2, -0.15) is 0 Å². The van der Waals surface area contributed by atoms with Crippen molar-refractivity contribution in [1.29, 1.82) is 0 Å². The van der Waals surface area contributed by atoms with E-state index in [-0.39, 0.29) is 0 Å². The van der Waals surface area contributed by atoms with Crippen molar-refractivity contribution < 1.29 is 4.42 Å². The van der Waals surface area contributed by atoms with E-state index >= 15 is 0 Å². The third-order valence-electron chi connectivity index (χ3n) is 11.0. The second kappa shape index (κ2) is 12.2. The molecule has 0 amide bonds. The first-order valence-electron chi connectivity index (χ1n) is 18.5. The van der Waals surface area contributed by atoms with E-state index in [1.807, 2.05) is 6.07 Å². The van der Waals surface area contributed by atoms with E-state index in [4.69, 9.17) is 4.42 Å². The minimum atomic E-state index is 0.877. The Labute approximate surface area is 312 Å². The zero-order chi connectivity index (χ0) is 35.6. The first-order valence-corrected chi connectivity index (χ1v) is 18.5. The molecule has 2 nitrogen and oxygen atoms in total. The van der Waals surface area contributed by atoms with Crippen molar-refractivity contribution in [3.05, 3.63) is 200 Å². The van der Waals surface area contributed by atoms with Crippen LogP contribution in [-0.4, -0.2) is 0 Å². The topological polar surface area (TPSA) is 16.4 Å². The van der Waals surface area contributed by atoms with Gasteiger partial charge in [0, 0.05) is 33.6 Å². The number of para-hydroxylation sites is 1. The van der Waals surface area contributed by atoms with Gasteiger partial charge in [-0.1, -0.05) is 158 Å². The first kappa shape index (κ1) is 30.5. The average Bonchev–Trinajstić information content (AvgIpc) is 3.63. The van der Waals surface area contributed by atoms with Crippen LogP contribution in [0.4, 0.5) is 17.1 Å². The predicted molar refractivity (Wildman–Crippen MR) is 229 cm³/mol. The van der Waals surface area contributed by atoms with Crippen molar-refractivity contribution >= 4 is 82.1 Å². The fourth-order valence-electron chi connectivity index (χ4n) is 8.52. The summed E-state index contributed by atoms with van der Waals surface area (Å²) in [5.74, 6) is 0. The van der Waals surface area contributed by atoms with Crippen molar-refractivity contribution in [2.75, 3.05) is 4.90 Å². The summed E-state index contributed by atoms with van der Waals surface area (Å²) >= 11 is 0. The number of hydrogen-bond donors (Lipinski definition) is 0. The third-order valence-corrected chi connectivity index (χ3v) is 11.0. The van der Waals surface area contributed by atoms with Gasteiger partial charge in [0.1, 0.15) is 11.2 Å². The van der Waals surface area contributed by atoms with Crippen molar-refractivity contribution in [2.45, 2.75) is 0 Å². The second-order valence-corrected chi connectivity index (χ2v) is 14.1. The van der Waals surface area contributed by atoms with Gasteiger partial charge in [0.05, 0.1) is 5.69 Å². The highest BCUT2D eigenvalue weighted by Gasteiger charge is 2.21. The fraction of sp³-hybridized carbons (Fsp3) is 0. The van der Waals surface area contributed by atoms with Crippen LogP contribution in [0.15, 0.2) is 205 Å². The molecule has 1 aromatic heterocycles. The summed E-state index contributed by atoms with van der Waals surface area (Å²) in [4.78, 5) is 2.37. The highest BCUT2D eigenvalue weighted by Crippen LogP contribution is 2.46. The Balaban J connectivity index is 1.11. The van der Waals surface area contributed by atoms with Crippen LogP contribution in [-0.2, 0) is 0 Å². The number of benzene rings is 10. The maximum absolute atomic E-state index is 6.55. The molecule has 0 aliphatic heterocycles. The van der Waals surface area contributed by atoms with E-state index < -0.39 is 0 Å². The van der Waals surface area contributed by atoms with Crippen molar-refractivity contribution in [3.8, 4) is 22.3 Å². The molecule has 0 radical (unpaired) electrons. The Hall–Kier alpha value is -7.16. The largest absolute Gasteiger partial charge is 0.456 e. The average molecular weight is 688 g/mol. The molecule has 1 heterocycles. The Morgan fingerprint density at radius 3 is 1.59 bits per heavy atom. The highest BCUT2D eigenvalue weighted by molar-refractivity contribution is 6.24. The Bertz CT molecular complexity index is 3190. The van der Waals surface area contributed by atoms with E-state index in [1.165, 1.54) is 65.3 Å². The van der Waals surface area contributed by atoms with Crippen LogP contribution in [0, 0.1) is 0 Å². The third kappa shape index (κ3) is 4.81. The summed E-state index contributed by atoms with van der Waals surface area (Å²) in [6.45, 7) is 0. The van der Waals surface area contributed by atoms with Gasteiger partial charge < -0.3 is 9.32 Å². The molecule has 0 saturated heterocycles. The van der Waals surface area contributed by atoms with E-state index in [1.54, 1.807) is 0 Å². The minimum absolute atomic E-state index is 0.877. The zero-order valence-corrected chi connectivity index (χ0v) is 29.4. The molecular weight excluding hydrogens is 655 g/mol. The number of anilines is 3. The molecule has 54 heavy (non-hydrogen) atoms. The van der Waals surface area contributed by atoms with Crippen molar-refractivity contribution in [2.24, 2.45) is 0 Å². The monoisotopic (exact) mass is 687 g/mol. The normalized spacial score (nSPS) is 11.7. The van der Waals surface area contributed by atoms with Gasteiger partial charge in [0.25, 0.3) is 0 Å². The summed E-state index contributed by atoms with van der Waals surface area (Å²) in [5, 5.41) is 12.3. The van der Waals surface area contributed by atoms with Gasteiger partial charge in [-0.25, -0.2) is 0 Å². The van der Waals surface area contributed by atoms with Crippen LogP contribution in [0.3, 0.4) is 0 Å². The molecule has 0 aliphatic carbocycles. The minimum Gasteiger partial charge on any atom is -0.456 e. The zero-order valence-electron chi connectivity index (χ0n) is 29.4. The van der Waals surface area contributed by atoms with Gasteiger partial charge in [-0.3, -0.25) is 0 Å². The Morgan fingerprint density at radius 1 is 0.315 bits per heavy atom. The van der Waals surface area contributed by atoms with E-state index in [9.17, 15) is 0 Å². The summed E-state index contributed by atoms with van der Waals surface area (Å²) in [6, 6.07) is 72.2. The molecule has 10 aromatic carbocycles. The first-order chi connectivity index (χ1) is 26.8. The molecule has 0 atom stereocenters. The molecule has 0 bridgehead atoms. The van der Waals surface area contributed by atoms with Crippen LogP contribution < -0.4 is 4.90 Å². The molecule has 0 N–H and O–H groups in total. The number of furan rings is 1. The van der Waals surface area contributed by atoms with Crippen LogP contribution in [0.1, 0.15) is 0 Å². The van der Waals surface area contributed by atoms with Crippen LogP contribution in [0.25, 0.3) is 87.3 Å². The molecular formula is C52H33NO. The SMILES string of the molecule is c1ccc(-c2ccc(N(c3ccc(-c4cc5ccc6ccccc6c5c5ccccc45)cc3)c3cc4oc5ccccc5c4c4ccccc34)cc2)cc1. The molecule has 0 saturated carbocycles. The van der Waals surface area contributed by atoms with Gasteiger partial charge >= 0.3 is 0 Å². The van der Waals surface area contributed by atoms with Crippen molar-refractivity contribution in [3.63, 3.8) is 0 Å². The fourth-order valence-corrected chi connectivity index (χ4v) is 8.52. The molecule has 11 aromatic rings. The van der Waals surface area contributed by atoms with Gasteiger partial charge in [-0.15, -0.1) is 0 Å². The number of fused-ring (bicyclic) bond motifs is 10. The van der Waals surface area contributed by atoms with E-state index in [0.29, 0.717) is 0 Å². The summed E-state index contributed by atoms with van der Waals surface area (Å²) < 4.78 is 6.55. The lowest BCUT2D eigenvalue weighted by molar-refractivity contribution is 0.669. The number of nitrogens with zero attached hydrogens (tertiary/aromatic N) is 1. The maximum atomic E-state index is 6.55. The van der Waals surface area contributed by atoms with E-state index in [2.05, 4.69) is 199 Å². The smallest absolute Gasteiger partial charge is 0.138 e. The number of hydrogen-bond acceptors (Lipinski definition) is 2. The Kier molecular flexibility index (Phi) is 6.90. The standard InChI is InChI=1S/C52H33NO/c1-2-12-34(13-3-1)35-24-28-39(29-25-35)53(48-33-50-52(45-19-9-7-17-43(45)48)46-20-10-11-21-49(46)54-50)40-30-26-37(27-31-40)47-32-38-23-22-36-14-4-5-15-41(36)51(38)44-18-8-6-16-42(44)47/h1-33H. The van der Waals surface area contributed by atoms with Crippen LogP contribution >= 0.6 is 0 Å². The Morgan fingerprint density at radius 2 is 0.852 bits per heavy atom. The lowest BCUT2D eigenvalue weighted by atomic mass is 9.90. The summed E-state index contributed by atoms with van der Waals surface area (Å²) in [5.41, 5.74) is 9.79. The predicted octanol–water partition coefficient (Wildman–Crippen LogP) is 15.0. The van der Waals surface area contributed by atoms with Gasteiger partial charge in [0.2, 0.25) is 0 Å². The second-order valence-electron chi connectivity index (χ2n) is 14.1. The summed E-state index contributed by atoms with van der Waals surface area (Å²) in [7, 11) is 0. The van der Waals surface area contributed by atoms with E-state index in [0.717, 1.165) is 39.0 Å². The quantitative estimate of drug-likeness (QED) is 0.168. The molecule has 0 unspecified atom stereocenters. The van der Waals surface area contributed by atoms with Crippen LogP contribution in [0.2, 0.25) is 0 Å². The van der Waals surface area contributed by atoms with Gasteiger partial charge in [0.15, 0.2) is 0 Å². The lowest BCUT2D eigenvalue weighted by Crippen LogP contribution is -2.10. The molecule has 0 fully saturated rings. The maximum Gasteiger partial charge on any atom is 0.138 e. The molecule has 2 heteroatoms. The molecule has 252 valence electrons. The lowest BCUT2D eigenvalue weighted by Gasteiger charge is -2.27. The summed E-state index contributed by atoms with van der Waals surface area (Å²) in [6.07, 6.45) is 0. The molecule has 0 spiro atoms. The van der Waals surface area contributed by atoms with Crippen LogP contribution in [0.5, 0.6) is 0 Å².